The second-order valence-electron chi connectivity index (χ2n) is 10.4. The molecule has 0 bridgehead atoms. The van der Waals surface area contributed by atoms with Gasteiger partial charge in [-0.1, -0.05) is 60.1 Å². The SMILES string of the molecule is CCC(=CC(C)=C(C=C1Sc2ccc(Cl)cc2N1CCCS(=O)(=O)O)CC)c1sc2ccc(Cl)cc2[n+]1CCCS(=O)(=O)O. The highest BCUT2D eigenvalue weighted by Crippen LogP contribution is 2.47. The van der Waals surface area contributed by atoms with E-state index < -0.39 is 20.2 Å². The molecule has 1 aliphatic rings. The summed E-state index contributed by atoms with van der Waals surface area (Å²) in [6.07, 6.45) is 6.26. The van der Waals surface area contributed by atoms with Gasteiger partial charge < -0.3 is 4.90 Å². The highest BCUT2D eigenvalue weighted by molar-refractivity contribution is 8.03. The minimum Gasteiger partial charge on any atom is -0.335 e. The molecule has 14 heteroatoms. The highest BCUT2D eigenvalue weighted by Gasteiger charge is 2.27. The maximum Gasteiger partial charge on any atom is 0.265 e. The van der Waals surface area contributed by atoms with Crippen molar-refractivity contribution in [3.8, 4) is 0 Å². The van der Waals surface area contributed by atoms with Crippen LogP contribution in [0.2, 0.25) is 10.0 Å². The molecule has 4 rings (SSSR count). The summed E-state index contributed by atoms with van der Waals surface area (Å²) in [6.45, 7) is 7.01. The molecule has 44 heavy (non-hydrogen) atoms. The first-order chi connectivity index (χ1) is 20.7. The molecule has 0 atom stereocenters. The molecule has 1 aromatic heterocycles. The predicted molar refractivity (Wildman–Crippen MR) is 183 cm³/mol. The lowest BCUT2D eigenvalue weighted by molar-refractivity contribution is -0.669. The number of fused-ring (bicyclic) bond motifs is 2. The van der Waals surface area contributed by atoms with Crippen LogP contribution in [-0.2, 0) is 26.8 Å². The summed E-state index contributed by atoms with van der Waals surface area (Å²) in [4.78, 5) is 3.06. The molecule has 3 aromatic rings. The van der Waals surface area contributed by atoms with E-state index in [1.165, 1.54) is 0 Å². The van der Waals surface area contributed by atoms with Crippen LogP contribution < -0.4 is 9.47 Å². The van der Waals surface area contributed by atoms with E-state index in [2.05, 4.69) is 37.5 Å². The maximum absolute atomic E-state index is 11.4. The van der Waals surface area contributed by atoms with Gasteiger partial charge >= 0.3 is 0 Å². The Kier molecular flexibility index (Phi) is 11.7. The van der Waals surface area contributed by atoms with E-state index in [1.807, 2.05) is 41.3 Å². The van der Waals surface area contributed by atoms with Crippen molar-refractivity contribution in [1.29, 1.82) is 0 Å². The third kappa shape index (κ3) is 9.10. The van der Waals surface area contributed by atoms with Gasteiger partial charge in [0.05, 0.1) is 22.2 Å². The van der Waals surface area contributed by atoms with Crippen LogP contribution in [0.5, 0.6) is 0 Å². The quantitative estimate of drug-likeness (QED) is 0.104. The number of halogens is 2. The average molecular weight is 719 g/mol. The molecule has 1 aliphatic heterocycles. The fourth-order valence-electron chi connectivity index (χ4n) is 5.05. The molecule has 2 aromatic carbocycles. The zero-order valence-electron chi connectivity index (χ0n) is 24.6. The van der Waals surface area contributed by atoms with Crippen LogP contribution >= 0.6 is 46.3 Å². The molecule has 0 saturated carbocycles. The molecular weight excluding hydrogens is 684 g/mol. The molecule has 0 radical (unpaired) electrons. The second-order valence-corrected chi connectivity index (χ2v) is 16.5. The standard InChI is InChI=1S/C30H34Cl2N2O6S4/c1-4-21(17-29-33(12-6-14-43(35,36)37)25-18-23(31)8-10-27(25)41-29)20(3)16-22(5-2)30-34(13-7-15-44(38,39)40)26-19-24(32)9-11-28(26)42-30/h8-11,16-19H,4-7,12-15H2,1-3H3,(H-,35,36,37,38,39,40)/p+1. The molecule has 0 saturated heterocycles. The number of thioether (sulfide) groups is 1. The lowest BCUT2D eigenvalue weighted by Crippen LogP contribution is -2.37. The van der Waals surface area contributed by atoms with Crippen molar-refractivity contribution in [1.82, 2.24) is 0 Å². The summed E-state index contributed by atoms with van der Waals surface area (Å²) >= 11 is 15.8. The zero-order chi connectivity index (χ0) is 32.2. The number of anilines is 1. The second kappa shape index (κ2) is 14.7. The molecule has 0 amide bonds. The van der Waals surface area contributed by atoms with Crippen LogP contribution in [0.4, 0.5) is 5.69 Å². The van der Waals surface area contributed by atoms with E-state index in [0.29, 0.717) is 23.1 Å². The third-order valence-corrected chi connectivity index (χ3v) is 11.6. The third-order valence-electron chi connectivity index (χ3n) is 7.16. The van der Waals surface area contributed by atoms with Gasteiger partial charge in [-0.15, -0.1) is 0 Å². The number of thiazole rings is 1. The molecule has 2 heterocycles. The summed E-state index contributed by atoms with van der Waals surface area (Å²) < 4.78 is 67.3. The number of benzene rings is 2. The van der Waals surface area contributed by atoms with Crippen LogP contribution in [0.1, 0.15) is 51.5 Å². The predicted octanol–water partition coefficient (Wildman–Crippen LogP) is 8.03. The minimum atomic E-state index is -4.08. The first kappa shape index (κ1) is 35.0. The fraction of sp³-hybridized carbons (Fsp3) is 0.367. The Balaban J connectivity index is 1.74. The van der Waals surface area contributed by atoms with Gasteiger partial charge in [-0.05, 0) is 79.8 Å². The van der Waals surface area contributed by atoms with E-state index in [1.54, 1.807) is 23.1 Å². The first-order valence-corrected chi connectivity index (χ1v) is 19.7. The van der Waals surface area contributed by atoms with Gasteiger partial charge in [-0.2, -0.15) is 21.4 Å². The summed E-state index contributed by atoms with van der Waals surface area (Å²) in [5.41, 5.74) is 5.04. The molecule has 0 aliphatic carbocycles. The largest absolute Gasteiger partial charge is 0.335 e. The van der Waals surface area contributed by atoms with Gasteiger partial charge in [-0.25, -0.2) is 0 Å². The molecule has 0 fully saturated rings. The van der Waals surface area contributed by atoms with Crippen LogP contribution in [0.15, 0.2) is 69.6 Å². The lowest BCUT2D eigenvalue weighted by Gasteiger charge is -2.21. The summed E-state index contributed by atoms with van der Waals surface area (Å²) in [5, 5.41) is 3.10. The van der Waals surface area contributed by atoms with E-state index in [-0.39, 0.29) is 24.3 Å². The monoisotopic (exact) mass is 717 g/mol. The van der Waals surface area contributed by atoms with Crippen molar-refractivity contribution in [2.24, 2.45) is 0 Å². The van der Waals surface area contributed by atoms with Gasteiger partial charge in [-0.3, -0.25) is 9.11 Å². The number of nitrogens with zero attached hydrogens (tertiary/aromatic N) is 2. The number of hydrogen-bond donors (Lipinski definition) is 2. The van der Waals surface area contributed by atoms with Gasteiger partial charge in [0, 0.05) is 39.5 Å². The van der Waals surface area contributed by atoms with Crippen molar-refractivity contribution >= 4 is 88.0 Å². The Hall–Kier alpha value is -1.90. The average Bonchev–Trinajstić information content (AvgIpc) is 3.46. The van der Waals surface area contributed by atoms with Crippen molar-refractivity contribution < 1.29 is 30.5 Å². The van der Waals surface area contributed by atoms with Crippen molar-refractivity contribution in [2.45, 2.75) is 57.9 Å². The minimum absolute atomic E-state index is 0.250. The number of hydrogen-bond acceptors (Lipinski definition) is 7. The van der Waals surface area contributed by atoms with E-state index in [4.69, 9.17) is 23.2 Å². The van der Waals surface area contributed by atoms with Gasteiger partial charge in [0.1, 0.15) is 4.70 Å². The fourth-order valence-corrected chi connectivity index (χ4v) is 8.76. The molecule has 2 N–H and O–H groups in total. The summed E-state index contributed by atoms with van der Waals surface area (Å²) in [7, 11) is -8.16. The number of aromatic nitrogens is 1. The van der Waals surface area contributed by atoms with E-state index >= 15 is 0 Å². The number of rotatable bonds is 13. The highest BCUT2D eigenvalue weighted by atomic mass is 35.5. The Morgan fingerprint density at radius 2 is 1.61 bits per heavy atom. The Morgan fingerprint density at radius 3 is 2.27 bits per heavy atom. The molecule has 0 spiro atoms. The summed E-state index contributed by atoms with van der Waals surface area (Å²) in [6, 6.07) is 11.3. The topological polar surface area (TPSA) is 116 Å². The molecule has 8 nitrogen and oxygen atoms in total. The van der Waals surface area contributed by atoms with Crippen LogP contribution in [0, 0.1) is 0 Å². The lowest BCUT2D eigenvalue weighted by atomic mass is 10.0. The van der Waals surface area contributed by atoms with Gasteiger partial charge in [0.15, 0.2) is 6.54 Å². The van der Waals surface area contributed by atoms with Gasteiger partial charge in [0.25, 0.3) is 25.2 Å². The Bertz CT molecular complexity index is 1860. The molecule has 0 unspecified atom stereocenters. The van der Waals surface area contributed by atoms with Crippen LogP contribution in [0.25, 0.3) is 15.8 Å². The molecular formula is C30H35Cl2N2O6S4+. The maximum atomic E-state index is 11.4. The first-order valence-electron chi connectivity index (χ1n) is 14.1. The van der Waals surface area contributed by atoms with Crippen molar-refractivity contribution in [2.75, 3.05) is 23.0 Å². The zero-order valence-corrected chi connectivity index (χ0v) is 29.4. The summed E-state index contributed by atoms with van der Waals surface area (Å²) in [5.74, 6) is -0.666. The van der Waals surface area contributed by atoms with Gasteiger partial charge in [0.2, 0.25) is 5.52 Å². The smallest absolute Gasteiger partial charge is 0.265 e. The number of allylic oxidation sites excluding steroid dienone is 5. The van der Waals surface area contributed by atoms with Crippen molar-refractivity contribution in [3.05, 3.63) is 79.8 Å². The molecule has 238 valence electrons. The van der Waals surface area contributed by atoms with Crippen molar-refractivity contribution in [3.63, 3.8) is 0 Å². The Labute approximate surface area is 277 Å². The van der Waals surface area contributed by atoms with E-state index in [9.17, 15) is 25.9 Å². The Morgan fingerprint density at radius 1 is 0.955 bits per heavy atom. The van der Waals surface area contributed by atoms with E-state index in [0.717, 1.165) is 60.4 Å². The number of aryl methyl sites for hydroxylation is 1. The van der Waals surface area contributed by atoms with Crippen LogP contribution in [0.3, 0.4) is 0 Å². The van der Waals surface area contributed by atoms with Crippen LogP contribution in [-0.4, -0.2) is 44.0 Å². The normalized spacial score (nSPS) is 15.8.